The van der Waals surface area contributed by atoms with Crippen molar-refractivity contribution in [3.63, 3.8) is 0 Å². The zero-order valence-electron chi connectivity index (χ0n) is 16.7. The third-order valence-electron chi connectivity index (χ3n) is 5.30. The number of phenols is 1. The van der Waals surface area contributed by atoms with Gasteiger partial charge in [-0.3, -0.25) is 0 Å². The molecule has 25 heavy (non-hydrogen) atoms. The van der Waals surface area contributed by atoms with Gasteiger partial charge >= 0.3 is 0 Å². The van der Waals surface area contributed by atoms with E-state index in [-0.39, 0.29) is 5.41 Å². The second kappa shape index (κ2) is 8.56. The van der Waals surface area contributed by atoms with Crippen LogP contribution in [-0.4, -0.2) is 5.11 Å². The fraction of sp³-hybridized carbons (Fsp3) is 0.500. The predicted molar refractivity (Wildman–Crippen MR) is 109 cm³/mol. The molecule has 1 nitrogen and oxygen atoms in total. The van der Waals surface area contributed by atoms with Crippen molar-refractivity contribution < 1.29 is 5.11 Å². The first-order valence-corrected chi connectivity index (χ1v) is 9.89. The maximum atomic E-state index is 10.4. The van der Waals surface area contributed by atoms with E-state index >= 15 is 0 Å². The van der Waals surface area contributed by atoms with E-state index in [0.29, 0.717) is 5.75 Å². The Morgan fingerprint density at radius 1 is 0.720 bits per heavy atom. The van der Waals surface area contributed by atoms with Crippen molar-refractivity contribution in [3.8, 4) is 5.75 Å². The van der Waals surface area contributed by atoms with Gasteiger partial charge in [0.1, 0.15) is 5.75 Å². The second-order valence-corrected chi connectivity index (χ2v) is 7.62. The number of para-hydroxylation sites is 1. The van der Waals surface area contributed by atoms with Crippen LogP contribution in [0.1, 0.15) is 81.7 Å². The molecule has 0 aliphatic rings. The molecule has 0 unspecified atom stereocenters. The van der Waals surface area contributed by atoms with E-state index in [0.717, 1.165) is 31.2 Å². The average Bonchev–Trinajstić information content (AvgIpc) is 2.58. The van der Waals surface area contributed by atoms with Gasteiger partial charge in [0.2, 0.25) is 0 Å². The highest BCUT2D eigenvalue weighted by Gasteiger charge is 2.29. The largest absolute Gasteiger partial charge is 0.508 e. The summed E-state index contributed by atoms with van der Waals surface area (Å²) >= 11 is 0. The first-order valence-electron chi connectivity index (χ1n) is 9.89. The lowest BCUT2D eigenvalue weighted by Crippen LogP contribution is -2.22. The summed E-state index contributed by atoms with van der Waals surface area (Å²) in [6.07, 6.45) is 6.92. The van der Waals surface area contributed by atoms with E-state index in [1.165, 1.54) is 29.5 Å². The normalized spacial score (nSPS) is 11.7. The summed E-state index contributed by atoms with van der Waals surface area (Å²) in [6.45, 7) is 11.3. The first kappa shape index (κ1) is 19.6. The van der Waals surface area contributed by atoms with Crippen LogP contribution in [0.25, 0.3) is 0 Å². The van der Waals surface area contributed by atoms with Gasteiger partial charge < -0.3 is 5.11 Å². The van der Waals surface area contributed by atoms with Crippen LogP contribution in [0.3, 0.4) is 0 Å². The van der Waals surface area contributed by atoms with E-state index in [2.05, 4.69) is 52.8 Å². The molecule has 2 aromatic rings. The molecule has 0 atom stereocenters. The molecule has 0 aromatic heterocycles. The van der Waals surface area contributed by atoms with Crippen molar-refractivity contribution >= 4 is 0 Å². The third-order valence-corrected chi connectivity index (χ3v) is 5.30. The van der Waals surface area contributed by atoms with Gasteiger partial charge in [0.05, 0.1) is 0 Å². The highest BCUT2D eigenvalue weighted by atomic mass is 16.3. The molecule has 0 saturated heterocycles. The van der Waals surface area contributed by atoms with E-state index in [9.17, 15) is 5.11 Å². The smallest absolute Gasteiger partial charge is 0.119 e. The molecule has 0 aliphatic carbocycles. The molecule has 2 rings (SSSR count). The molecule has 1 heteroatoms. The van der Waals surface area contributed by atoms with Gasteiger partial charge in [-0.05, 0) is 47.6 Å². The maximum absolute atomic E-state index is 10.4. The molecule has 0 bridgehead atoms. The number of aryl methyl sites for hydroxylation is 1. The molecule has 2 aromatic carbocycles. The predicted octanol–water partition coefficient (Wildman–Crippen LogP) is 6.58. The van der Waals surface area contributed by atoms with E-state index < -0.39 is 0 Å². The summed E-state index contributed by atoms with van der Waals surface area (Å²) in [5.41, 5.74) is 6.78. The zero-order chi connectivity index (χ0) is 18.4. The molecule has 0 saturated carbocycles. The average molecular weight is 339 g/mol. The Morgan fingerprint density at radius 3 is 1.92 bits per heavy atom. The third kappa shape index (κ3) is 4.08. The van der Waals surface area contributed by atoms with Crippen LogP contribution >= 0.6 is 0 Å². The zero-order valence-corrected chi connectivity index (χ0v) is 16.7. The Balaban J connectivity index is 2.67. The number of phenolic OH excluding ortho intramolecular Hbond substituents is 1. The van der Waals surface area contributed by atoms with E-state index in [4.69, 9.17) is 0 Å². The Hall–Kier alpha value is -1.76. The number of hydrogen-bond acceptors (Lipinski definition) is 1. The van der Waals surface area contributed by atoms with E-state index in [1.54, 1.807) is 11.6 Å². The Labute approximate surface area is 154 Å². The summed E-state index contributed by atoms with van der Waals surface area (Å²) in [4.78, 5) is 0. The Bertz CT molecular complexity index is 697. The van der Waals surface area contributed by atoms with Crippen LogP contribution in [0, 0.1) is 0 Å². The lowest BCUT2D eigenvalue weighted by atomic mass is 9.73. The van der Waals surface area contributed by atoms with Crippen molar-refractivity contribution in [2.24, 2.45) is 0 Å². The van der Waals surface area contributed by atoms with Crippen molar-refractivity contribution in [1.29, 1.82) is 0 Å². The second-order valence-electron chi connectivity index (χ2n) is 7.62. The van der Waals surface area contributed by atoms with Gasteiger partial charge in [-0.15, -0.1) is 0 Å². The van der Waals surface area contributed by atoms with Gasteiger partial charge in [0.15, 0.2) is 0 Å². The maximum Gasteiger partial charge on any atom is 0.119 e. The van der Waals surface area contributed by atoms with Crippen LogP contribution in [0.2, 0.25) is 0 Å². The van der Waals surface area contributed by atoms with Crippen molar-refractivity contribution in [2.75, 3.05) is 0 Å². The monoisotopic (exact) mass is 338 g/mol. The quantitative estimate of drug-likeness (QED) is 0.576. The number of hydrogen-bond donors (Lipinski definition) is 1. The molecule has 0 fully saturated rings. The van der Waals surface area contributed by atoms with Gasteiger partial charge in [0, 0.05) is 11.0 Å². The van der Waals surface area contributed by atoms with Crippen LogP contribution in [0.5, 0.6) is 5.75 Å². The first-order chi connectivity index (χ1) is 12.0. The minimum Gasteiger partial charge on any atom is -0.508 e. The highest BCUT2D eigenvalue weighted by Crippen LogP contribution is 2.40. The SMILES string of the molecule is CCCc1ccc(C(C)(C)c2ccccc2O)c(CCC)c1CCC. The van der Waals surface area contributed by atoms with Crippen LogP contribution < -0.4 is 0 Å². The molecule has 0 radical (unpaired) electrons. The van der Waals surface area contributed by atoms with Gasteiger partial charge in [-0.2, -0.15) is 0 Å². The molecule has 0 heterocycles. The van der Waals surface area contributed by atoms with Crippen LogP contribution in [0.4, 0.5) is 0 Å². The summed E-state index contributed by atoms with van der Waals surface area (Å²) in [5.74, 6) is 0.393. The minimum atomic E-state index is -0.205. The molecular formula is C24H34O. The van der Waals surface area contributed by atoms with Crippen LogP contribution in [-0.2, 0) is 24.7 Å². The van der Waals surface area contributed by atoms with Gasteiger partial charge in [-0.1, -0.05) is 84.2 Å². The Kier molecular flexibility index (Phi) is 6.70. The number of aromatic hydroxyl groups is 1. The molecule has 0 aliphatic heterocycles. The van der Waals surface area contributed by atoms with Crippen molar-refractivity contribution in [2.45, 2.75) is 78.6 Å². The van der Waals surface area contributed by atoms with Gasteiger partial charge in [-0.25, -0.2) is 0 Å². The lowest BCUT2D eigenvalue weighted by molar-refractivity contribution is 0.452. The topological polar surface area (TPSA) is 20.2 Å². The molecule has 0 spiro atoms. The minimum absolute atomic E-state index is 0.205. The molecule has 136 valence electrons. The summed E-state index contributed by atoms with van der Waals surface area (Å²) in [6, 6.07) is 12.4. The fourth-order valence-electron chi connectivity index (χ4n) is 4.07. The van der Waals surface area contributed by atoms with E-state index in [1.807, 2.05) is 12.1 Å². The van der Waals surface area contributed by atoms with Gasteiger partial charge in [0.25, 0.3) is 0 Å². The van der Waals surface area contributed by atoms with Crippen molar-refractivity contribution in [1.82, 2.24) is 0 Å². The summed E-state index contributed by atoms with van der Waals surface area (Å²) in [5, 5.41) is 10.4. The molecule has 0 amide bonds. The molecular weight excluding hydrogens is 304 g/mol. The Morgan fingerprint density at radius 2 is 1.32 bits per heavy atom. The van der Waals surface area contributed by atoms with Crippen molar-refractivity contribution in [3.05, 3.63) is 64.2 Å². The fourth-order valence-corrected chi connectivity index (χ4v) is 4.07. The van der Waals surface area contributed by atoms with Crippen LogP contribution in [0.15, 0.2) is 36.4 Å². The lowest BCUT2D eigenvalue weighted by Gasteiger charge is -2.31. The molecule has 1 N–H and O–H groups in total. The summed E-state index contributed by atoms with van der Waals surface area (Å²) in [7, 11) is 0. The highest BCUT2D eigenvalue weighted by molar-refractivity contribution is 5.52. The summed E-state index contributed by atoms with van der Waals surface area (Å²) < 4.78 is 0. The number of benzene rings is 2. The number of rotatable bonds is 8. The standard InChI is InChI=1S/C24H34O/c1-6-11-18-16-17-21(20(13-8-3)19(18)12-7-2)24(4,5)22-14-9-10-15-23(22)25/h9-10,14-17,25H,6-8,11-13H2,1-5H3.